The molecule has 0 fully saturated rings. The molecule has 0 radical (unpaired) electrons. The molecule has 0 aliphatic carbocycles. The fourth-order valence-electron chi connectivity index (χ4n) is 2.61. The van der Waals surface area contributed by atoms with E-state index in [0.29, 0.717) is 6.42 Å². The summed E-state index contributed by atoms with van der Waals surface area (Å²) >= 11 is 0. The largest absolute Gasteiger partial charge is 0.313 e. The van der Waals surface area contributed by atoms with E-state index in [-0.39, 0.29) is 17.5 Å². The van der Waals surface area contributed by atoms with E-state index < -0.39 is 11.6 Å². The number of hydrogen-bond acceptors (Lipinski definition) is 1. The van der Waals surface area contributed by atoms with Crippen LogP contribution < -0.4 is 5.32 Å². The third-order valence-corrected chi connectivity index (χ3v) is 3.63. The average Bonchev–Trinajstić information content (AvgIpc) is 2.45. The molecule has 2 atom stereocenters. The van der Waals surface area contributed by atoms with Crippen LogP contribution in [0.1, 0.15) is 24.1 Å². The first-order valence-corrected chi connectivity index (χ1v) is 6.78. The summed E-state index contributed by atoms with van der Waals surface area (Å²) in [6.45, 7) is 2.00. The summed E-state index contributed by atoms with van der Waals surface area (Å²) in [4.78, 5) is 0. The standard InChI is InChI=1S/C17H19F2N/c1-12(11-14-15(18)9-6-10-16(14)19)17(20-2)13-7-4-3-5-8-13/h3-10,12,17,20H,11H2,1-2H3. The normalized spacial score (nSPS) is 14.0. The molecular weight excluding hydrogens is 256 g/mol. The highest BCUT2D eigenvalue weighted by Crippen LogP contribution is 2.26. The number of hydrogen-bond donors (Lipinski definition) is 1. The van der Waals surface area contributed by atoms with Crippen molar-refractivity contribution in [3.8, 4) is 0 Å². The predicted molar refractivity (Wildman–Crippen MR) is 77.5 cm³/mol. The maximum absolute atomic E-state index is 13.7. The number of benzene rings is 2. The van der Waals surface area contributed by atoms with Crippen LogP contribution >= 0.6 is 0 Å². The Labute approximate surface area is 118 Å². The third-order valence-electron chi connectivity index (χ3n) is 3.63. The van der Waals surface area contributed by atoms with Crippen LogP contribution in [0, 0.1) is 17.6 Å². The Morgan fingerprint density at radius 1 is 0.950 bits per heavy atom. The number of halogens is 2. The molecule has 0 spiro atoms. The monoisotopic (exact) mass is 275 g/mol. The van der Waals surface area contributed by atoms with Gasteiger partial charge >= 0.3 is 0 Å². The van der Waals surface area contributed by atoms with Crippen LogP contribution in [0.2, 0.25) is 0 Å². The smallest absolute Gasteiger partial charge is 0.129 e. The molecule has 0 bridgehead atoms. The van der Waals surface area contributed by atoms with Gasteiger partial charge < -0.3 is 5.32 Å². The van der Waals surface area contributed by atoms with Crippen molar-refractivity contribution in [1.29, 1.82) is 0 Å². The van der Waals surface area contributed by atoms with Crippen LogP contribution in [0.15, 0.2) is 48.5 Å². The zero-order valence-electron chi connectivity index (χ0n) is 11.7. The number of rotatable bonds is 5. The highest BCUT2D eigenvalue weighted by Gasteiger charge is 2.20. The maximum Gasteiger partial charge on any atom is 0.129 e. The molecular formula is C17H19F2N. The Kier molecular flexibility index (Phi) is 4.85. The molecule has 0 amide bonds. The van der Waals surface area contributed by atoms with Gasteiger partial charge in [0.2, 0.25) is 0 Å². The van der Waals surface area contributed by atoms with Crippen LogP contribution in [-0.4, -0.2) is 7.05 Å². The van der Waals surface area contributed by atoms with Gasteiger partial charge in [0.15, 0.2) is 0 Å². The van der Waals surface area contributed by atoms with Gasteiger partial charge in [0.25, 0.3) is 0 Å². The lowest BCUT2D eigenvalue weighted by molar-refractivity contribution is 0.396. The first-order chi connectivity index (χ1) is 9.63. The highest BCUT2D eigenvalue weighted by molar-refractivity contribution is 5.23. The zero-order valence-corrected chi connectivity index (χ0v) is 11.7. The van der Waals surface area contributed by atoms with Gasteiger partial charge in [-0.25, -0.2) is 8.78 Å². The molecule has 1 N–H and O–H groups in total. The highest BCUT2D eigenvalue weighted by atomic mass is 19.1. The van der Waals surface area contributed by atoms with Gasteiger partial charge in [-0.3, -0.25) is 0 Å². The molecule has 0 heterocycles. The van der Waals surface area contributed by atoms with Gasteiger partial charge in [0.1, 0.15) is 11.6 Å². The first-order valence-electron chi connectivity index (χ1n) is 6.78. The molecule has 1 nitrogen and oxygen atoms in total. The summed E-state index contributed by atoms with van der Waals surface area (Å²) in [6, 6.07) is 14.0. The molecule has 0 saturated heterocycles. The Balaban J connectivity index is 2.20. The van der Waals surface area contributed by atoms with Crippen LogP contribution in [-0.2, 0) is 6.42 Å². The molecule has 2 rings (SSSR count). The molecule has 20 heavy (non-hydrogen) atoms. The van der Waals surface area contributed by atoms with Crippen molar-refractivity contribution in [3.05, 3.63) is 71.3 Å². The summed E-state index contributed by atoms with van der Waals surface area (Å²) in [7, 11) is 1.87. The minimum atomic E-state index is -0.472. The fraction of sp³-hybridized carbons (Fsp3) is 0.294. The Hall–Kier alpha value is -1.74. The number of nitrogens with one attached hydrogen (secondary N) is 1. The Morgan fingerprint density at radius 3 is 2.10 bits per heavy atom. The van der Waals surface area contributed by atoms with E-state index in [1.807, 2.05) is 44.3 Å². The Bertz CT molecular complexity index is 534. The van der Waals surface area contributed by atoms with Gasteiger partial charge in [-0.05, 0) is 37.1 Å². The first kappa shape index (κ1) is 14.7. The molecule has 0 aliphatic heterocycles. The molecule has 2 aromatic carbocycles. The van der Waals surface area contributed by atoms with Gasteiger partial charge in [-0.15, -0.1) is 0 Å². The molecule has 2 aromatic rings. The third kappa shape index (κ3) is 3.23. The van der Waals surface area contributed by atoms with E-state index in [1.165, 1.54) is 18.2 Å². The van der Waals surface area contributed by atoms with E-state index >= 15 is 0 Å². The topological polar surface area (TPSA) is 12.0 Å². The summed E-state index contributed by atoms with van der Waals surface area (Å²) in [5, 5.41) is 3.23. The predicted octanol–water partition coefficient (Wildman–Crippen LogP) is 4.10. The van der Waals surface area contributed by atoms with Crippen molar-refractivity contribution >= 4 is 0 Å². The lowest BCUT2D eigenvalue weighted by atomic mass is 9.89. The quantitative estimate of drug-likeness (QED) is 0.866. The minimum absolute atomic E-state index is 0.0650. The van der Waals surface area contributed by atoms with E-state index in [2.05, 4.69) is 5.32 Å². The maximum atomic E-state index is 13.7. The zero-order chi connectivity index (χ0) is 14.5. The second-order valence-electron chi connectivity index (χ2n) is 5.06. The second-order valence-corrected chi connectivity index (χ2v) is 5.06. The minimum Gasteiger partial charge on any atom is -0.313 e. The van der Waals surface area contributed by atoms with Crippen LogP contribution in [0.5, 0.6) is 0 Å². The summed E-state index contributed by atoms with van der Waals surface area (Å²) < 4.78 is 27.4. The summed E-state index contributed by atoms with van der Waals surface area (Å²) in [5.41, 5.74) is 1.29. The van der Waals surface area contributed by atoms with Crippen molar-refractivity contribution in [2.75, 3.05) is 7.05 Å². The molecule has 0 saturated carbocycles. The van der Waals surface area contributed by atoms with Crippen molar-refractivity contribution in [2.24, 2.45) is 5.92 Å². The van der Waals surface area contributed by atoms with E-state index in [9.17, 15) is 8.78 Å². The Morgan fingerprint density at radius 2 is 1.55 bits per heavy atom. The molecule has 106 valence electrons. The molecule has 0 aliphatic rings. The van der Waals surface area contributed by atoms with Crippen LogP contribution in [0.3, 0.4) is 0 Å². The lowest BCUT2D eigenvalue weighted by Gasteiger charge is -2.24. The van der Waals surface area contributed by atoms with Gasteiger partial charge in [-0.2, -0.15) is 0 Å². The van der Waals surface area contributed by atoms with Gasteiger partial charge in [0, 0.05) is 11.6 Å². The molecule has 3 heteroatoms. The van der Waals surface area contributed by atoms with E-state index in [0.717, 1.165) is 5.56 Å². The van der Waals surface area contributed by atoms with Crippen molar-refractivity contribution in [1.82, 2.24) is 5.32 Å². The van der Waals surface area contributed by atoms with Crippen molar-refractivity contribution in [2.45, 2.75) is 19.4 Å². The van der Waals surface area contributed by atoms with E-state index in [4.69, 9.17) is 0 Å². The lowest BCUT2D eigenvalue weighted by Crippen LogP contribution is -2.25. The van der Waals surface area contributed by atoms with Crippen molar-refractivity contribution < 1.29 is 8.78 Å². The van der Waals surface area contributed by atoms with Gasteiger partial charge in [-0.1, -0.05) is 43.3 Å². The van der Waals surface area contributed by atoms with Crippen molar-refractivity contribution in [3.63, 3.8) is 0 Å². The van der Waals surface area contributed by atoms with Crippen LogP contribution in [0.25, 0.3) is 0 Å². The van der Waals surface area contributed by atoms with E-state index in [1.54, 1.807) is 0 Å². The fourth-order valence-corrected chi connectivity index (χ4v) is 2.61. The summed E-state index contributed by atoms with van der Waals surface area (Å²) in [5.74, 6) is -0.867. The second kappa shape index (κ2) is 6.62. The summed E-state index contributed by atoms with van der Waals surface area (Å²) in [6.07, 6.45) is 0.360. The average molecular weight is 275 g/mol. The van der Waals surface area contributed by atoms with Crippen LogP contribution in [0.4, 0.5) is 8.78 Å². The SMILES string of the molecule is CNC(c1ccccc1)C(C)Cc1c(F)cccc1F. The molecule has 0 aromatic heterocycles. The van der Waals surface area contributed by atoms with Gasteiger partial charge in [0.05, 0.1) is 0 Å². The molecule has 2 unspecified atom stereocenters.